The number of carbonyl (C=O) groups is 1. The molecule has 3 rings (SSSR count). The summed E-state index contributed by atoms with van der Waals surface area (Å²) in [5, 5.41) is 2.91. The Hall–Kier alpha value is -3.08. The zero-order valence-electron chi connectivity index (χ0n) is 13.6. The normalized spacial score (nSPS) is 10.4. The maximum atomic E-state index is 12.0. The number of rotatable bonds is 5. The SMILES string of the molecule is C[n+]1ccc(-c2cc[n+](CCNC(=O)c3ccncc3)cc2)cc1. The Morgan fingerprint density at radius 1 is 0.958 bits per heavy atom. The first-order valence-electron chi connectivity index (χ1n) is 7.85. The first kappa shape index (κ1) is 15.8. The number of aromatic nitrogens is 3. The third-order valence-corrected chi connectivity index (χ3v) is 3.80. The van der Waals surface area contributed by atoms with E-state index in [0.29, 0.717) is 12.1 Å². The summed E-state index contributed by atoms with van der Waals surface area (Å²) in [6.07, 6.45) is 11.4. The van der Waals surface area contributed by atoms with Crippen molar-refractivity contribution in [2.45, 2.75) is 6.54 Å². The zero-order valence-corrected chi connectivity index (χ0v) is 13.6. The van der Waals surface area contributed by atoms with Gasteiger partial charge in [-0.15, -0.1) is 0 Å². The van der Waals surface area contributed by atoms with E-state index in [4.69, 9.17) is 0 Å². The average Bonchev–Trinajstić information content (AvgIpc) is 2.64. The summed E-state index contributed by atoms with van der Waals surface area (Å²) in [6.45, 7) is 1.30. The van der Waals surface area contributed by atoms with E-state index in [0.717, 1.165) is 6.54 Å². The molecule has 3 heterocycles. The van der Waals surface area contributed by atoms with E-state index < -0.39 is 0 Å². The topological polar surface area (TPSA) is 49.8 Å². The molecule has 1 N–H and O–H groups in total. The maximum absolute atomic E-state index is 12.0. The Kier molecular flexibility index (Phi) is 4.91. The summed E-state index contributed by atoms with van der Waals surface area (Å²) in [5.41, 5.74) is 2.99. The van der Waals surface area contributed by atoms with Crippen molar-refractivity contribution in [3.05, 3.63) is 79.1 Å². The second kappa shape index (κ2) is 7.46. The molecule has 0 unspecified atom stereocenters. The van der Waals surface area contributed by atoms with Gasteiger partial charge in [0.15, 0.2) is 31.3 Å². The van der Waals surface area contributed by atoms with E-state index in [1.807, 2.05) is 36.4 Å². The molecule has 0 spiro atoms. The molecule has 0 saturated carbocycles. The number of hydrogen-bond donors (Lipinski definition) is 1. The van der Waals surface area contributed by atoms with Gasteiger partial charge in [0.05, 0.1) is 6.54 Å². The van der Waals surface area contributed by atoms with Crippen molar-refractivity contribution in [2.75, 3.05) is 6.54 Å². The maximum Gasteiger partial charge on any atom is 0.251 e. The van der Waals surface area contributed by atoms with E-state index in [1.165, 1.54) is 11.1 Å². The van der Waals surface area contributed by atoms with Gasteiger partial charge in [-0.1, -0.05) is 0 Å². The number of pyridine rings is 3. The molecule has 24 heavy (non-hydrogen) atoms. The first-order chi connectivity index (χ1) is 11.7. The van der Waals surface area contributed by atoms with Gasteiger partial charge in [-0.3, -0.25) is 9.78 Å². The predicted octanol–water partition coefficient (Wildman–Crippen LogP) is 1.29. The lowest BCUT2D eigenvalue weighted by atomic mass is 10.1. The van der Waals surface area contributed by atoms with Gasteiger partial charge >= 0.3 is 0 Å². The molecule has 5 nitrogen and oxygen atoms in total. The Bertz CT molecular complexity index is 799. The fourth-order valence-corrected chi connectivity index (χ4v) is 2.40. The van der Waals surface area contributed by atoms with Crippen LogP contribution in [0.1, 0.15) is 10.4 Å². The largest absolute Gasteiger partial charge is 0.346 e. The molecule has 0 saturated heterocycles. The van der Waals surface area contributed by atoms with Gasteiger partial charge in [0.1, 0.15) is 7.05 Å². The van der Waals surface area contributed by atoms with Crippen LogP contribution in [-0.4, -0.2) is 17.4 Å². The summed E-state index contributed by atoms with van der Waals surface area (Å²) in [4.78, 5) is 15.9. The molecule has 0 atom stereocenters. The van der Waals surface area contributed by atoms with Gasteiger partial charge in [-0.25, -0.2) is 9.13 Å². The first-order valence-corrected chi connectivity index (χ1v) is 7.85. The van der Waals surface area contributed by atoms with Crippen LogP contribution >= 0.6 is 0 Å². The fraction of sp³-hybridized carbons (Fsp3) is 0.158. The van der Waals surface area contributed by atoms with Crippen LogP contribution in [0, 0.1) is 0 Å². The van der Waals surface area contributed by atoms with Crippen molar-refractivity contribution in [2.24, 2.45) is 7.05 Å². The molecule has 3 aromatic rings. The number of carbonyl (C=O) groups excluding carboxylic acids is 1. The number of nitrogens with one attached hydrogen (secondary N) is 1. The van der Waals surface area contributed by atoms with Crippen LogP contribution in [0.4, 0.5) is 0 Å². The summed E-state index contributed by atoms with van der Waals surface area (Å²) >= 11 is 0. The molecule has 0 aliphatic rings. The van der Waals surface area contributed by atoms with Crippen LogP contribution < -0.4 is 14.5 Å². The van der Waals surface area contributed by atoms with E-state index in [1.54, 1.807) is 24.5 Å². The van der Waals surface area contributed by atoms with Crippen molar-refractivity contribution < 1.29 is 13.9 Å². The third-order valence-electron chi connectivity index (χ3n) is 3.80. The minimum absolute atomic E-state index is 0.0771. The fourth-order valence-electron chi connectivity index (χ4n) is 2.40. The van der Waals surface area contributed by atoms with Crippen LogP contribution in [0.5, 0.6) is 0 Å². The highest BCUT2D eigenvalue weighted by Gasteiger charge is 2.07. The highest BCUT2D eigenvalue weighted by atomic mass is 16.1. The molecule has 0 radical (unpaired) electrons. The lowest BCUT2D eigenvalue weighted by Gasteiger charge is -2.03. The van der Waals surface area contributed by atoms with Gasteiger partial charge in [0.2, 0.25) is 0 Å². The summed E-state index contributed by atoms with van der Waals surface area (Å²) in [7, 11) is 2.00. The molecule has 0 bridgehead atoms. The lowest BCUT2D eigenvalue weighted by molar-refractivity contribution is -0.694. The number of nitrogens with zero attached hydrogens (tertiary/aromatic N) is 3. The van der Waals surface area contributed by atoms with Crippen molar-refractivity contribution in [3.63, 3.8) is 0 Å². The van der Waals surface area contributed by atoms with E-state index >= 15 is 0 Å². The van der Waals surface area contributed by atoms with Gasteiger partial charge in [0, 0.05) is 42.2 Å². The second-order valence-electron chi connectivity index (χ2n) is 5.57. The second-order valence-corrected chi connectivity index (χ2v) is 5.57. The average molecular weight is 320 g/mol. The van der Waals surface area contributed by atoms with Gasteiger partial charge < -0.3 is 5.32 Å². The number of aryl methyl sites for hydroxylation is 1. The van der Waals surface area contributed by atoms with Crippen molar-refractivity contribution in [1.82, 2.24) is 10.3 Å². The Labute approximate surface area is 141 Å². The Balaban J connectivity index is 1.55. The molecule has 0 fully saturated rings. The smallest absolute Gasteiger partial charge is 0.251 e. The molecular weight excluding hydrogens is 300 g/mol. The quantitative estimate of drug-likeness (QED) is 0.720. The van der Waals surface area contributed by atoms with Crippen LogP contribution in [0.2, 0.25) is 0 Å². The van der Waals surface area contributed by atoms with E-state index in [-0.39, 0.29) is 5.91 Å². The Morgan fingerprint density at radius 2 is 1.54 bits per heavy atom. The van der Waals surface area contributed by atoms with E-state index in [2.05, 4.69) is 39.1 Å². The summed E-state index contributed by atoms with van der Waals surface area (Å²) in [6, 6.07) is 11.8. The number of amides is 1. The molecule has 1 amide bonds. The lowest BCUT2D eigenvalue weighted by Crippen LogP contribution is -2.39. The summed E-state index contributed by atoms with van der Waals surface area (Å²) < 4.78 is 4.07. The molecule has 120 valence electrons. The van der Waals surface area contributed by atoms with Crippen LogP contribution in [0.3, 0.4) is 0 Å². The molecule has 5 heteroatoms. The minimum atomic E-state index is -0.0771. The Morgan fingerprint density at radius 3 is 2.17 bits per heavy atom. The number of hydrogen-bond acceptors (Lipinski definition) is 2. The van der Waals surface area contributed by atoms with E-state index in [9.17, 15) is 4.79 Å². The molecule has 3 aromatic heterocycles. The minimum Gasteiger partial charge on any atom is -0.346 e. The predicted molar refractivity (Wildman–Crippen MR) is 89.8 cm³/mol. The van der Waals surface area contributed by atoms with Gasteiger partial charge in [-0.05, 0) is 23.3 Å². The molecule has 0 aliphatic heterocycles. The van der Waals surface area contributed by atoms with Crippen LogP contribution in [-0.2, 0) is 13.6 Å². The molecular formula is C19H20N4O+2. The van der Waals surface area contributed by atoms with Gasteiger partial charge in [-0.2, -0.15) is 0 Å². The molecule has 0 aromatic carbocycles. The zero-order chi connectivity index (χ0) is 16.8. The highest BCUT2D eigenvalue weighted by Crippen LogP contribution is 2.15. The van der Waals surface area contributed by atoms with Crippen molar-refractivity contribution in [3.8, 4) is 11.1 Å². The van der Waals surface area contributed by atoms with Crippen LogP contribution in [0.25, 0.3) is 11.1 Å². The van der Waals surface area contributed by atoms with Crippen molar-refractivity contribution in [1.29, 1.82) is 0 Å². The van der Waals surface area contributed by atoms with Crippen LogP contribution in [0.15, 0.2) is 73.6 Å². The summed E-state index contributed by atoms with van der Waals surface area (Å²) in [5.74, 6) is -0.0771. The van der Waals surface area contributed by atoms with Gasteiger partial charge in [0.25, 0.3) is 5.91 Å². The molecule has 0 aliphatic carbocycles. The standard InChI is InChI=1S/C19H19N4O/c1-22-11-4-16(5-12-22)17-6-13-23(14-7-17)15-10-21-19(24)18-2-8-20-9-3-18/h2-9,11-14H,10,15H2,1H3/q+1/p+1. The monoisotopic (exact) mass is 320 g/mol. The van der Waals surface area contributed by atoms with Crippen molar-refractivity contribution >= 4 is 5.91 Å². The highest BCUT2D eigenvalue weighted by molar-refractivity contribution is 5.93. The third kappa shape index (κ3) is 4.01.